The highest BCUT2D eigenvalue weighted by Crippen LogP contribution is 2.37. The molecule has 0 amide bonds. The van der Waals surface area contributed by atoms with Gasteiger partial charge in [0.05, 0.1) is 5.69 Å². The Labute approximate surface area is 103 Å². The van der Waals surface area contributed by atoms with E-state index in [0.717, 1.165) is 23.9 Å². The number of aromatic nitrogens is 1. The first-order valence-corrected chi connectivity index (χ1v) is 6.71. The van der Waals surface area contributed by atoms with Crippen LogP contribution in [0.3, 0.4) is 0 Å². The van der Waals surface area contributed by atoms with Crippen molar-refractivity contribution in [2.45, 2.75) is 32.4 Å². The third kappa shape index (κ3) is 2.35. The second-order valence-electron chi connectivity index (χ2n) is 5.51. The number of likely N-dealkylation sites (tertiary alicyclic amines) is 1. The molecule has 0 aromatic carbocycles. The monoisotopic (exact) mass is 231 g/mol. The molecule has 2 fully saturated rings. The van der Waals surface area contributed by atoms with Gasteiger partial charge in [0.1, 0.15) is 0 Å². The van der Waals surface area contributed by atoms with Crippen LogP contribution in [0, 0.1) is 11.8 Å². The Morgan fingerprint density at radius 1 is 1.24 bits per heavy atom. The predicted molar refractivity (Wildman–Crippen MR) is 68.2 cm³/mol. The molecule has 3 nitrogen and oxygen atoms in total. The van der Waals surface area contributed by atoms with Gasteiger partial charge in [0.25, 0.3) is 0 Å². The van der Waals surface area contributed by atoms with Crippen molar-refractivity contribution >= 4 is 0 Å². The lowest BCUT2D eigenvalue weighted by molar-refractivity contribution is 0.300. The van der Waals surface area contributed by atoms with Crippen LogP contribution < -0.4 is 5.73 Å². The topological polar surface area (TPSA) is 42.1 Å². The van der Waals surface area contributed by atoms with Gasteiger partial charge in [0.15, 0.2) is 0 Å². The third-order valence-corrected chi connectivity index (χ3v) is 4.31. The van der Waals surface area contributed by atoms with Crippen LogP contribution in [0.4, 0.5) is 0 Å². The summed E-state index contributed by atoms with van der Waals surface area (Å²) in [6.07, 6.45) is 6.25. The lowest BCUT2D eigenvalue weighted by Crippen LogP contribution is -2.21. The normalized spacial score (nSPS) is 28.5. The summed E-state index contributed by atoms with van der Waals surface area (Å²) in [5.41, 5.74) is 7.88. The zero-order valence-electron chi connectivity index (χ0n) is 10.3. The molecule has 0 radical (unpaired) electrons. The average Bonchev–Trinajstić information content (AvgIpc) is 2.90. The van der Waals surface area contributed by atoms with Gasteiger partial charge in [-0.2, -0.15) is 0 Å². The Bertz CT molecular complexity index is 362. The highest BCUT2D eigenvalue weighted by Gasteiger charge is 2.35. The standard InChI is InChI=1S/C14H21N3/c15-6-11-4-5-14(16-7-11)10-17-8-12-2-1-3-13(12)9-17/h4-5,7,12-13H,1-3,6,8-10,15H2. The molecule has 3 rings (SSSR count). The van der Waals surface area contributed by atoms with E-state index < -0.39 is 0 Å². The summed E-state index contributed by atoms with van der Waals surface area (Å²) >= 11 is 0. The van der Waals surface area contributed by atoms with E-state index in [9.17, 15) is 0 Å². The molecule has 0 bridgehead atoms. The number of pyridine rings is 1. The van der Waals surface area contributed by atoms with Gasteiger partial charge in [0.2, 0.25) is 0 Å². The van der Waals surface area contributed by atoms with Crippen molar-refractivity contribution in [2.24, 2.45) is 17.6 Å². The van der Waals surface area contributed by atoms with E-state index in [2.05, 4.69) is 22.0 Å². The van der Waals surface area contributed by atoms with Crippen LogP contribution in [0.25, 0.3) is 0 Å². The molecule has 2 aliphatic rings. The minimum Gasteiger partial charge on any atom is -0.326 e. The molecule has 1 aliphatic heterocycles. The van der Waals surface area contributed by atoms with Gasteiger partial charge < -0.3 is 5.73 Å². The third-order valence-electron chi connectivity index (χ3n) is 4.31. The van der Waals surface area contributed by atoms with E-state index >= 15 is 0 Å². The molecule has 17 heavy (non-hydrogen) atoms. The molecule has 2 unspecified atom stereocenters. The molecule has 2 N–H and O–H groups in total. The molecule has 2 atom stereocenters. The van der Waals surface area contributed by atoms with Crippen molar-refractivity contribution in [3.8, 4) is 0 Å². The maximum Gasteiger partial charge on any atom is 0.0544 e. The number of nitrogens with zero attached hydrogens (tertiary/aromatic N) is 2. The molecule has 1 aliphatic carbocycles. The summed E-state index contributed by atoms with van der Waals surface area (Å²) in [7, 11) is 0. The lowest BCUT2D eigenvalue weighted by atomic mass is 10.0. The molecule has 92 valence electrons. The van der Waals surface area contributed by atoms with E-state index in [1.807, 2.05) is 6.20 Å². The maximum atomic E-state index is 5.58. The SMILES string of the molecule is NCc1ccc(CN2CC3CCCC3C2)nc1. The highest BCUT2D eigenvalue weighted by molar-refractivity contribution is 5.13. The smallest absolute Gasteiger partial charge is 0.0544 e. The Morgan fingerprint density at radius 2 is 2.00 bits per heavy atom. The number of rotatable bonds is 3. The van der Waals surface area contributed by atoms with Crippen LogP contribution >= 0.6 is 0 Å². The predicted octanol–water partition coefficient (Wildman–Crippen LogP) is 1.77. The van der Waals surface area contributed by atoms with Gasteiger partial charge in [-0.05, 0) is 36.3 Å². The van der Waals surface area contributed by atoms with Crippen molar-refractivity contribution in [1.82, 2.24) is 9.88 Å². The van der Waals surface area contributed by atoms with Crippen molar-refractivity contribution in [3.05, 3.63) is 29.6 Å². The van der Waals surface area contributed by atoms with Crippen LogP contribution in [0.15, 0.2) is 18.3 Å². The van der Waals surface area contributed by atoms with Crippen LogP contribution in [0.5, 0.6) is 0 Å². The van der Waals surface area contributed by atoms with Gasteiger partial charge in [-0.25, -0.2) is 0 Å². The van der Waals surface area contributed by atoms with Gasteiger partial charge in [0, 0.05) is 32.4 Å². The second kappa shape index (κ2) is 4.75. The Hall–Kier alpha value is -0.930. The van der Waals surface area contributed by atoms with Crippen LogP contribution in [-0.2, 0) is 13.1 Å². The Balaban J connectivity index is 1.59. The number of hydrogen-bond donors (Lipinski definition) is 1. The average molecular weight is 231 g/mol. The van der Waals surface area contributed by atoms with Crippen molar-refractivity contribution < 1.29 is 0 Å². The van der Waals surface area contributed by atoms with E-state index in [1.54, 1.807) is 0 Å². The first-order valence-electron chi connectivity index (χ1n) is 6.71. The molecule has 1 saturated carbocycles. The van der Waals surface area contributed by atoms with Gasteiger partial charge in [-0.3, -0.25) is 9.88 Å². The summed E-state index contributed by atoms with van der Waals surface area (Å²) in [5.74, 6) is 1.94. The highest BCUT2D eigenvalue weighted by atomic mass is 15.2. The first-order chi connectivity index (χ1) is 8.35. The summed E-state index contributed by atoms with van der Waals surface area (Å²) in [5, 5.41) is 0. The molecular weight excluding hydrogens is 210 g/mol. The molecule has 3 heteroatoms. The summed E-state index contributed by atoms with van der Waals surface area (Å²) < 4.78 is 0. The van der Waals surface area contributed by atoms with Gasteiger partial charge in [-0.15, -0.1) is 0 Å². The maximum absolute atomic E-state index is 5.58. The van der Waals surface area contributed by atoms with Gasteiger partial charge >= 0.3 is 0 Å². The molecule has 2 heterocycles. The molecule has 0 spiro atoms. The summed E-state index contributed by atoms with van der Waals surface area (Å²) in [4.78, 5) is 7.05. The van der Waals surface area contributed by atoms with E-state index in [0.29, 0.717) is 6.54 Å². The first kappa shape index (κ1) is 11.2. The minimum atomic E-state index is 0.584. The fraction of sp³-hybridized carbons (Fsp3) is 0.643. The quantitative estimate of drug-likeness (QED) is 0.862. The Kier molecular flexibility index (Phi) is 3.12. The fourth-order valence-electron chi connectivity index (χ4n) is 3.36. The summed E-state index contributed by atoms with van der Waals surface area (Å²) in [6, 6.07) is 4.22. The fourth-order valence-corrected chi connectivity index (χ4v) is 3.36. The van der Waals surface area contributed by atoms with Crippen LogP contribution in [0.1, 0.15) is 30.5 Å². The minimum absolute atomic E-state index is 0.584. The van der Waals surface area contributed by atoms with Crippen molar-refractivity contribution in [3.63, 3.8) is 0 Å². The zero-order valence-corrected chi connectivity index (χ0v) is 10.3. The number of hydrogen-bond acceptors (Lipinski definition) is 3. The Morgan fingerprint density at radius 3 is 2.59 bits per heavy atom. The van der Waals surface area contributed by atoms with Crippen LogP contribution in [0.2, 0.25) is 0 Å². The summed E-state index contributed by atoms with van der Waals surface area (Å²) in [6.45, 7) is 4.16. The van der Waals surface area contributed by atoms with Gasteiger partial charge in [-0.1, -0.05) is 12.5 Å². The lowest BCUT2D eigenvalue weighted by Gasteiger charge is -2.16. The van der Waals surface area contributed by atoms with Crippen molar-refractivity contribution in [2.75, 3.05) is 13.1 Å². The van der Waals surface area contributed by atoms with E-state index in [1.165, 1.54) is 38.0 Å². The van der Waals surface area contributed by atoms with E-state index in [4.69, 9.17) is 5.73 Å². The molecule has 1 aromatic heterocycles. The number of fused-ring (bicyclic) bond motifs is 1. The second-order valence-corrected chi connectivity index (χ2v) is 5.51. The van der Waals surface area contributed by atoms with Crippen molar-refractivity contribution in [1.29, 1.82) is 0 Å². The molecule has 1 aromatic rings. The molecular formula is C14H21N3. The molecule has 1 saturated heterocycles. The van der Waals surface area contributed by atoms with E-state index in [-0.39, 0.29) is 0 Å². The largest absolute Gasteiger partial charge is 0.326 e. The number of nitrogens with two attached hydrogens (primary N) is 1. The van der Waals surface area contributed by atoms with Crippen LogP contribution in [-0.4, -0.2) is 23.0 Å². The zero-order chi connectivity index (χ0) is 11.7.